The predicted molar refractivity (Wildman–Crippen MR) is 109 cm³/mol. The van der Waals surface area contributed by atoms with Gasteiger partial charge in [0.1, 0.15) is 17.3 Å². The maximum Gasteiger partial charge on any atom is 0.157 e. The Bertz CT molecular complexity index is 1020. The number of carbonyl (C=O) groups is 1. The number of hydrogen-bond donors (Lipinski definition) is 1. The molecule has 0 saturated carbocycles. The number of aldehydes is 1. The van der Waals surface area contributed by atoms with E-state index < -0.39 is 17.0 Å². The summed E-state index contributed by atoms with van der Waals surface area (Å²) in [5, 5.41) is 13.2. The van der Waals surface area contributed by atoms with Crippen LogP contribution in [0, 0.1) is 5.82 Å². The van der Waals surface area contributed by atoms with Crippen LogP contribution >= 0.6 is 0 Å². The molecule has 6 nitrogen and oxygen atoms in total. The summed E-state index contributed by atoms with van der Waals surface area (Å²) in [4.78, 5) is 15.9. The summed E-state index contributed by atoms with van der Waals surface area (Å²) in [6, 6.07) is 7.60. The van der Waals surface area contributed by atoms with Crippen LogP contribution in [0.1, 0.15) is 35.8 Å². The summed E-state index contributed by atoms with van der Waals surface area (Å²) in [7, 11) is 3.58. The van der Waals surface area contributed by atoms with Crippen LogP contribution < -0.4 is 4.74 Å². The first-order chi connectivity index (χ1) is 13.2. The Kier molecular flexibility index (Phi) is 5.27. The van der Waals surface area contributed by atoms with E-state index in [2.05, 4.69) is 10.1 Å². The fraction of sp³-hybridized carbons (Fsp3) is 0.211. The molecule has 0 atom stereocenters. The number of rotatable bonds is 6. The Morgan fingerprint density at radius 3 is 2.71 bits per heavy atom. The van der Waals surface area contributed by atoms with Crippen molar-refractivity contribution in [3.05, 3.63) is 59.7 Å². The molecule has 0 bridgehead atoms. The van der Waals surface area contributed by atoms with Gasteiger partial charge in [-0.3, -0.25) is 14.5 Å². The van der Waals surface area contributed by atoms with Crippen LogP contribution in [0.5, 0.6) is 11.5 Å². The molecule has 1 aromatic carbocycles. The summed E-state index contributed by atoms with van der Waals surface area (Å²) < 4.78 is 21.7. The Hall–Kier alpha value is -3.09. The first kappa shape index (κ1) is 19.7. The van der Waals surface area contributed by atoms with Crippen molar-refractivity contribution in [2.24, 2.45) is 0 Å². The van der Waals surface area contributed by atoms with Crippen molar-refractivity contribution in [3.63, 3.8) is 0 Å². The molecule has 0 radical (unpaired) electrons. The standard InChI is InChI=1S/C19H20B2FN3O3/c1-11(2)25-15(5-7-24-25)18-14(4-3-6-23-18)19(20,21)28-17-9-12(22)8-16(27)13(17)10-26/h3-11,27H,20-21H2,1-2H3. The van der Waals surface area contributed by atoms with Crippen molar-refractivity contribution in [2.45, 2.75) is 25.3 Å². The number of carbonyl (C=O) groups excluding carboxylic acids is 1. The first-order valence-electron chi connectivity index (χ1n) is 8.90. The van der Waals surface area contributed by atoms with Crippen molar-refractivity contribution in [3.8, 4) is 22.9 Å². The maximum atomic E-state index is 13.8. The lowest BCUT2D eigenvalue weighted by Gasteiger charge is -2.30. The van der Waals surface area contributed by atoms with Crippen molar-refractivity contribution in [2.75, 3.05) is 0 Å². The van der Waals surface area contributed by atoms with E-state index in [-0.39, 0.29) is 17.4 Å². The van der Waals surface area contributed by atoms with Gasteiger partial charge >= 0.3 is 0 Å². The molecule has 0 spiro atoms. The third-order valence-corrected chi connectivity index (χ3v) is 4.43. The smallest absolute Gasteiger partial charge is 0.157 e. The molecule has 1 N–H and O–H groups in total. The van der Waals surface area contributed by atoms with Crippen molar-refractivity contribution >= 4 is 22.0 Å². The lowest BCUT2D eigenvalue weighted by atomic mass is 9.60. The van der Waals surface area contributed by atoms with E-state index in [4.69, 9.17) is 4.74 Å². The van der Waals surface area contributed by atoms with E-state index in [1.165, 1.54) is 0 Å². The fourth-order valence-electron chi connectivity index (χ4n) is 3.12. The van der Waals surface area contributed by atoms with Gasteiger partial charge < -0.3 is 9.84 Å². The quantitative estimate of drug-likeness (QED) is 0.521. The highest BCUT2D eigenvalue weighted by molar-refractivity contribution is 6.39. The Morgan fingerprint density at radius 2 is 2.04 bits per heavy atom. The zero-order valence-corrected chi connectivity index (χ0v) is 16.2. The van der Waals surface area contributed by atoms with E-state index in [1.54, 1.807) is 34.2 Å². The molecule has 3 aromatic rings. The maximum absolute atomic E-state index is 13.8. The molecule has 0 saturated heterocycles. The van der Waals surface area contributed by atoms with E-state index >= 15 is 0 Å². The summed E-state index contributed by atoms with van der Waals surface area (Å²) in [6.45, 7) is 4.04. The van der Waals surface area contributed by atoms with Crippen LogP contribution in [-0.4, -0.2) is 41.8 Å². The number of ether oxygens (including phenoxy) is 1. The Labute approximate surface area is 164 Å². The summed E-state index contributed by atoms with van der Waals surface area (Å²) >= 11 is 0. The largest absolute Gasteiger partial charge is 0.507 e. The van der Waals surface area contributed by atoms with E-state index in [1.807, 2.05) is 30.7 Å². The highest BCUT2D eigenvalue weighted by Gasteiger charge is 2.29. The number of benzene rings is 1. The summed E-state index contributed by atoms with van der Waals surface area (Å²) in [5.74, 6) is -1.20. The van der Waals surface area contributed by atoms with Crippen molar-refractivity contribution < 1.29 is 19.0 Å². The number of halogens is 1. The number of hydrogen-bond acceptors (Lipinski definition) is 5. The Balaban J connectivity index is 2.10. The molecular weight excluding hydrogens is 359 g/mol. The minimum Gasteiger partial charge on any atom is -0.507 e. The predicted octanol–water partition coefficient (Wildman–Crippen LogP) is 1.64. The third kappa shape index (κ3) is 3.65. The number of nitrogens with zero attached hydrogens (tertiary/aromatic N) is 3. The number of aromatic hydroxyl groups is 1. The van der Waals surface area contributed by atoms with Gasteiger partial charge in [0.25, 0.3) is 0 Å². The summed E-state index contributed by atoms with van der Waals surface area (Å²) in [5.41, 5.74) is 2.12. The molecule has 3 rings (SSSR count). The summed E-state index contributed by atoms with van der Waals surface area (Å²) in [6.07, 6.45) is 3.83. The molecule has 2 heterocycles. The average Bonchev–Trinajstić information content (AvgIpc) is 3.11. The van der Waals surface area contributed by atoms with Gasteiger partial charge in [0, 0.05) is 36.1 Å². The van der Waals surface area contributed by atoms with E-state index in [0.717, 1.165) is 23.4 Å². The van der Waals surface area contributed by atoms with Crippen molar-refractivity contribution in [1.29, 1.82) is 0 Å². The number of phenols is 1. The van der Waals surface area contributed by atoms with Crippen LogP contribution in [0.15, 0.2) is 42.7 Å². The van der Waals surface area contributed by atoms with Gasteiger partial charge in [-0.1, -0.05) is 6.07 Å². The Morgan fingerprint density at radius 1 is 1.29 bits per heavy atom. The van der Waals surface area contributed by atoms with Gasteiger partial charge in [-0.25, -0.2) is 4.39 Å². The zero-order valence-electron chi connectivity index (χ0n) is 16.2. The van der Waals surface area contributed by atoms with E-state index in [9.17, 15) is 14.3 Å². The van der Waals surface area contributed by atoms with Gasteiger partial charge in [0.15, 0.2) is 22.0 Å². The van der Waals surface area contributed by atoms with E-state index in [0.29, 0.717) is 12.0 Å². The van der Waals surface area contributed by atoms with Crippen molar-refractivity contribution in [1.82, 2.24) is 14.8 Å². The van der Waals surface area contributed by atoms with Crippen LogP contribution in [0.4, 0.5) is 4.39 Å². The van der Waals surface area contributed by atoms with Gasteiger partial charge in [-0.2, -0.15) is 5.10 Å². The highest BCUT2D eigenvalue weighted by atomic mass is 19.1. The molecule has 0 aliphatic rings. The molecular formula is C19H20B2FN3O3. The number of phenolic OH excluding ortho intramolecular Hbond substituents is 1. The molecule has 142 valence electrons. The molecule has 9 heteroatoms. The molecule has 28 heavy (non-hydrogen) atoms. The number of aromatic nitrogens is 3. The fourth-order valence-corrected chi connectivity index (χ4v) is 3.12. The number of pyridine rings is 1. The van der Waals surface area contributed by atoms with Crippen LogP contribution in [0.3, 0.4) is 0 Å². The second kappa shape index (κ2) is 7.50. The van der Waals surface area contributed by atoms with Gasteiger partial charge in [0.2, 0.25) is 0 Å². The lowest BCUT2D eigenvalue weighted by Crippen LogP contribution is -2.35. The highest BCUT2D eigenvalue weighted by Crippen LogP contribution is 2.35. The minimum absolute atomic E-state index is 0.0373. The molecule has 0 aliphatic heterocycles. The SMILES string of the molecule is BC(B)(Oc1cc(F)cc(O)c1C=O)c1cccnc1-c1ccnn1C(C)C. The van der Waals surface area contributed by atoms with Crippen LogP contribution in [-0.2, 0) is 5.40 Å². The normalized spacial score (nSPS) is 11.6. The third-order valence-electron chi connectivity index (χ3n) is 4.43. The minimum atomic E-state index is -0.979. The molecule has 0 unspecified atom stereocenters. The van der Waals surface area contributed by atoms with Crippen LogP contribution in [0.2, 0.25) is 0 Å². The first-order valence-corrected chi connectivity index (χ1v) is 8.90. The molecule has 0 aliphatic carbocycles. The monoisotopic (exact) mass is 379 g/mol. The molecule has 2 aromatic heterocycles. The lowest BCUT2D eigenvalue weighted by molar-refractivity contribution is 0.111. The zero-order chi connectivity index (χ0) is 20.5. The van der Waals surface area contributed by atoms with Gasteiger partial charge in [0.05, 0.1) is 22.4 Å². The topological polar surface area (TPSA) is 77.2 Å². The second-order valence-electron chi connectivity index (χ2n) is 7.22. The molecule has 0 amide bonds. The van der Waals surface area contributed by atoms with Crippen LogP contribution in [0.25, 0.3) is 11.4 Å². The molecule has 0 fully saturated rings. The van der Waals surface area contributed by atoms with Gasteiger partial charge in [-0.05, 0) is 26.0 Å². The average molecular weight is 379 g/mol. The van der Waals surface area contributed by atoms with Gasteiger partial charge in [-0.15, -0.1) is 0 Å². The second-order valence-corrected chi connectivity index (χ2v) is 7.22.